The second-order valence-corrected chi connectivity index (χ2v) is 5.56. The summed E-state index contributed by atoms with van der Waals surface area (Å²) in [4.78, 5) is 14.0. The predicted molar refractivity (Wildman–Crippen MR) is 89.6 cm³/mol. The van der Waals surface area contributed by atoms with Gasteiger partial charge in [0, 0.05) is 16.0 Å². The van der Waals surface area contributed by atoms with Crippen LogP contribution < -0.4 is 5.32 Å². The number of tetrazole rings is 1. The number of benzene rings is 2. The van der Waals surface area contributed by atoms with Crippen molar-refractivity contribution in [3.8, 4) is 0 Å². The quantitative estimate of drug-likeness (QED) is 0.777. The summed E-state index contributed by atoms with van der Waals surface area (Å²) in [6.07, 6.45) is 2.01. The Morgan fingerprint density at radius 2 is 2.00 bits per heavy atom. The number of carbonyl (C=O) groups is 1. The minimum Gasteiger partial charge on any atom is -0.288 e. The molecule has 6 nitrogen and oxygen atoms in total. The molecule has 2 aromatic carbocycles. The van der Waals surface area contributed by atoms with Crippen molar-refractivity contribution < 1.29 is 4.79 Å². The van der Waals surface area contributed by atoms with Crippen molar-refractivity contribution >= 4 is 34.2 Å². The Labute approximate surface area is 138 Å². The number of unbranched alkanes of at least 4 members (excludes halogenated alkanes) is 1. The van der Waals surface area contributed by atoms with Gasteiger partial charge in [0.15, 0.2) is 0 Å². The molecular weight excluding hydrogens is 314 g/mol. The first-order valence-electron chi connectivity index (χ1n) is 7.45. The second-order valence-electron chi connectivity index (χ2n) is 5.16. The molecule has 3 aromatic rings. The summed E-state index contributed by atoms with van der Waals surface area (Å²) in [6.45, 7) is 2.77. The van der Waals surface area contributed by atoms with Crippen molar-refractivity contribution in [3.05, 3.63) is 47.0 Å². The van der Waals surface area contributed by atoms with E-state index in [0.29, 0.717) is 17.1 Å². The number of nitrogens with zero attached hydrogens (tertiary/aromatic N) is 4. The van der Waals surface area contributed by atoms with Gasteiger partial charge >= 0.3 is 0 Å². The normalized spacial score (nSPS) is 10.9. The van der Waals surface area contributed by atoms with Gasteiger partial charge in [-0.05, 0) is 29.2 Å². The van der Waals surface area contributed by atoms with Gasteiger partial charge in [0.1, 0.15) is 0 Å². The molecule has 0 saturated carbocycles. The van der Waals surface area contributed by atoms with Crippen molar-refractivity contribution in [1.82, 2.24) is 20.2 Å². The average Bonchev–Trinajstić information content (AvgIpc) is 3.00. The van der Waals surface area contributed by atoms with Gasteiger partial charge < -0.3 is 0 Å². The molecule has 1 amide bonds. The SMILES string of the molecule is CCCCn1nnc(NC(=O)c2cccc3c(Cl)cccc23)n1. The van der Waals surface area contributed by atoms with Gasteiger partial charge in [-0.15, -0.1) is 5.10 Å². The van der Waals surface area contributed by atoms with Crippen LogP contribution in [-0.2, 0) is 6.54 Å². The lowest BCUT2D eigenvalue weighted by molar-refractivity contribution is 0.102. The maximum Gasteiger partial charge on any atom is 0.270 e. The third-order valence-electron chi connectivity index (χ3n) is 3.50. The predicted octanol–water partition coefficient (Wildman–Crippen LogP) is 3.53. The summed E-state index contributed by atoms with van der Waals surface area (Å²) in [6, 6.07) is 10.9. The number of halogens is 1. The van der Waals surface area contributed by atoms with E-state index in [1.54, 1.807) is 18.2 Å². The van der Waals surface area contributed by atoms with Gasteiger partial charge in [-0.3, -0.25) is 10.1 Å². The number of anilines is 1. The van der Waals surface area contributed by atoms with Crippen molar-refractivity contribution in [1.29, 1.82) is 0 Å². The van der Waals surface area contributed by atoms with E-state index < -0.39 is 0 Å². The third-order valence-corrected chi connectivity index (χ3v) is 3.83. The summed E-state index contributed by atoms with van der Waals surface area (Å²) in [7, 11) is 0. The Hall–Kier alpha value is -2.47. The van der Waals surface area contributed by atoms with Crippen LogP contribution in [0.4, 0.5) is 5.95 Å². The topological polar surface area (TPSA) is 72.7 Å². The van der Waals surface area contributed by atoms with Crippen molar-refractivity contribution in [2.75, 3.05) is 5.32 Å². The van der Waals surface area contributed by atoms with E-state index in [0.717, 1.165) is 23.6 Å². The number of hydrogen-bond donors (Lipinski definition) is 1. The number of hydrogen-bond acceptors (Lipinski definition) is 4. The number of aryl methyl sites for hydroxylation is 1. The van der Waals surface area contributed by atoms with Crippen LogP contribution in [0.2, 0.25) is 5.02 Å². The Morgan fingerprint density at radius 1 is 1.22 bits per heavy atom. The molecular formula is C16H16ClN5O. The Morgan fingerprint density at radius 3 is 2.83 bits per heavy atom. The first kappa shape index (κ1) is 15.4. The van der Waals surface area contributed by atoms with Crippen LogP contribution in [0.1, 0.15) is 30.1 Å². The van der Waals surface area contributed by atoms with E-state index in [2.05, 4.69) is 27.7 Å². The Bertz CT molecular complexity index is 845. The minimum absolute atomic E-state index is 0.199. The van der Waals surface area contributed by atoms with Gasteiger partial charge in [0.25, 0.3) is 11.9 Å². The number of aromatic nitrogens is 4. The van der Waals surface area contributed by atoms with Gasteiger partial charge in [-0.25, -0.2) is 0 Å². The fourth-order valence-electron chi connectivity index (χ4n) is 2.33. The molecule has 118 valence electrons. The smallest absolute Gasteiger partial charge is 0.270 e. The number of rotatable bonds is 5. The zero-order chi connectivity index (χ0) is 16.2. The fraction of sp³-hybridized carbons (Fsp3) is 0.250. The van der Waals surface area contributed by atoms with E-state index in [4.69, 9.17) is 11.6 Å². The number of nitrogens with one attached hydrogen (secondary N) is 1. The number of fused-ring (bicyclic) bond motifs is 1. The molecule has 0 saturated heterocycles. The van der Waals surface area contributed by atoms with E-state index >= 15 is 0 Å². The molecule has 23 heavy (non-hydrogen) atoms. The maximum atomic E-state index is 12.5. The van der Waals surface area contributed by atoms with Gasteiger partial charge in [-0.1, -0.05) is 54.3 Å². The number of carbonyl (C=O) groups excluding carboxylic acids is 1. The van der Waals surface area contributed by atoms with Crippen molar-refractivity contribution in [3.63, 3.8) is 0 Å². The highest BCUT2D eigenvalue weighted by Crippen LogP contribution is 2.26. The Balaban J connectivity index is 1.84. The molecule has 1 heterocycles. The molecule has 0 aliphatic rings. The van der Waals surface area contributed by atoms with Crippen molar-refractivity contribution in [2.45, 2.75) is 26.3 Å². The number of amides is 1. The van der Waals surface area contributed by atoms with Gasteiger partial charge in [0.2, 0.25) is 0 Å². The molecule has 0 bridgehead atoms. The molecule has 0 aliphatic carbocycles. The molecule has 0 unspecified atom stereocenters. The minimum atomic E-state index is -0.284. The molecule has 1 aromatic heterocycles. The molecule has 1 N–H and O–H groups in total. The highest BCUT2D eigenvalue weighted by molar-refractivity contribution is 6.36. The van der Waals surface area contributed by atoms with E-state index in [1.165, 1.54) is 4.80 Å². The molecule has 3 rings (SSSR count). The lowest BCUT2D eigenvalue weighted by Gasteiger charge is -2.06. The van der Waals surface area contributed by atoms with E-state index in [1.807, 2.05) is 18.2 Å². The fourth-order valence-corrected chi connectivity index (χ4v) is 2.56. The summed E-state index contributed by atoms with van der Waals surface area (Å²) in [5.74, 6) is -0.0851. The largest absolute Gasteiger partial charge is 0.288 e. The maximum absolute atomic E-state index is 12.5. The van der Waals surface area contributed by atoms with E-state index in [9.17, 15) is 4.79 Å². The lowest BCUT2D eigenvalue weighted by atomic mass is 10.0. The van der Waals surface area contributed by atoms with Crippen molar-refractivity contribution in [2.24, 2.45) is 0 Å². The summed E-state index contributed by atoms with van der Waals surface area (Å²) in [5, 5.41) is 16.8. The molecule has 0 aliphatic heterocycles. The van der Waals surface area contributed by atoms with Gasteiger partial charge in [0.05, 0.1) is 6.54 Å². The van der Waals surface area contributed by atoms with Gasteiger partial charge in [-0.2, -0.15) is 4.80 Å². The Kier molecular flexibility index (Phi) is 4.52. The standard InChI is InChI=1S/C16H16ClN5O/c1-2-3-10-22-20-16(19-21-22)18-15(23)13-8-4-7-12-11(13)6-5-9-14(12)17/h4-9H,2-3,10H2,1H3,(H,18,20,23). The van der Waals surface area contributed by atoms with Crippen LogP contribution in [-0.4, -0.2) is 26.1 Å². The monoisotopic (exact) mass is 329 g/mol. The van der Waals surface area contributed by atoms with Crippen LogP contribution >= 0.6 is 11.6 Å². The molecule has 0 radical (unpaired) electrons. The zero-order valence-corrected chi connectivity index (χ0v) is 13.4. The van der Waals surface area contributed by atoms with Crippen LogP contribution in [0.15, 0.2) is 36.4 Å². The third kappa shape index (κ3) is 3.32. The first-order chi connectivity index (χ1) is 11.2. The highest BCUT2D eigenvalue weighted by atomic mass is 35.5. The van der Waals surface area contributed by atoms with Crippen LogP contribution in [0.3, 0.4) is 0 Å². The lowest BCUT2D eigenvalue weighted by Crippen LogP contribution is -2.14. The second kappa shape index (κ2) is 6.75. The summed E-state index contributed by atoms with van der Waals surface area (Å²) in [5.41, 5.74) is 0.523. The summed E-state index contributed by atoms with van der Waals surface area (Å²) < 4.78 is 0. The summed E-state index contributed by atoms with van der Waals surface area (Å²) >= 11 is 6.18. The highest BCUT2D eigenvalue weighted by Gasteiger charge is 2.13. The van der Waals surface area contributed by atoms with E-state index in [-0.39, 0.29) is 11.9 Å². The molecule has 7 heteroatoms. The average molecular weight is 330 g/mol. The first-order valence-corrected chi connectivity index (χ1v) is 7.83. The molecule has 0 atom stereocenters. The van der Waals surface area contributed by atoms with Crippen LogP contribution in [0.5, 0.6) is 0 Å². The zero-order valence-electron chi connectivity index (χ0n) is 12.7. The van der Waals surface area contributed by atoms with Crippen LogP contribution in [0, 0.1) is 0 Å². The molecule has 0 fully saturated rings. The molecule has 0 spiro atoms. The van der Waals surface area contributed by atoms with Crippen LogP contribution in [0.25, 0.3) is 10.8 Å².